The Labute approximate surface area is 143 Å². The highest BCUT2D eigenvalue weighted by Crippen LogP contribution is 2.33. The highest BCUT2D eigenvalue weighted by Gasteiger charge is 2.12. The van der Waals surface area contributed by atoms with Crippen molar-refractivity contribution in [3.8, 4) is 11.5 Å². The Morgan fingerprint density at radius 2 is 2.13 bits per heavy atom. The van der Waals surface area contributed by atoms with E-state index in [4.69, 9.17) is 13.9 Å². The minimum atomic E-state index is 0. The summed E-state index contributed by atoms with van der Waals surface area (Å²) in [6.07, 6.45) is 4.30. The predicted molar refractivity (Wildman–Crippen MR) is 94.6 cm³/mol. The molecule has 1 aromatic heterocycles. The van der Waals surface area contributed by atoms with Crippen LogP contribution in [0.2, 0.25) is 0 Å². The SMILES string of the molecule is C=CCc1cc(CNCc2ccco2)cc(OC)c1OCC.Cl. The Morgan fingerprint density at radius 1 is 1.30 bits per heavy atom. The van der Waals surface area contributed by atoms with Gasteiger partial charge >= 0.3 is 0 Å². The number of hydrogen-bond donors (Lipinski definition) is 1. The quantitative estimate of drug-likeness (QED) is 0.699. The number of rotatable bonds is 9. The van der Waals surface area contributed by atoms with E-state index in [-0.39, 0.29) is 12.4 Å². The van der Waals surface area contributed by atoms with Crippen LogP contribution < -0.4 is 14.8 Å². The standard InChI is InChI=1S/C18H23NO3.ClH/c1-4-7-15-10-14(11-17(20-3)18(15)21-5-2)12-19-13-16-8-6-9-22-16;/h4,6,8-11,19H,1,5,7,12-13H2,2-3H3;1H. The lowest BCUT2D eigenvalue weighted by Crippen LogP contribution is -2.13. The van der Waals surface area contributed by atoms with E-state index >= 15 is 0 Å². The zero-order valence-electron chi connectivity index (χ0n) is 13.6. The number of ether oxygens (including phenoxy) is 2. The minimum Gasteiger partial charge on any atom is -0.493 e. The number of halogens is 1. The van der Waals surface area contributed by atoms with Crippen LogP contribution in [0.5, 0.6) is 11.5 Å². The van der Waals surface area contributed by atoms with Gasteiger partial charge in [0.15, 0.2) is 11.5 Å². The van der Waals surface area contributed by atoms with Gasteiger partial charge in [-0.15, -0.1) is 19.0 Å². The third kappa shape index (κ3) is 5.34. The number of benzene rings is 1. The van der Waals surface area contributed by atoms with E-state index in [1.807, 2.05) is 31.2 Å². The fourth-order valence-electron chi connectivity index (χ4n) is 2.34. The van der Waals surface area contributed by atoms with E-state index in [1.165, 1.54) is 0 Å². The Morgan fingerprint density at radius 3 is 2.74 bits per heavy atom. The minimum absolute atomic E-state index is 0. The van der Waals surface area contributed by atoms with Crippen molar-refractivity contribution in [2.45, 2.75) is 26.4 Å². The second-order valence-corrected chi connectivity index (χ2v) is 4.90. The number of nitrogens with one attached hydrogen (secondary N) is 1. The molecule has 0 aliphatic heterocycles. The van der Waals surface area contributed by atoms with Crippen LogP contribution in [-0.2, 0) is 19.5 Å². The molecule has 2 rings (SSSR count). The third-order valence-corrected chi connectivity index (χ3v) is 3.27. The van der Waals surface area contributed by atoms with Crippen molar-refractivity contribution in [2.24, 2.45) is 0 Å². The fourth-order valence-corrected chi connectivity index (χ4v) is 2.34. The lowest BCUT2D eigenvalue weighted by Gasteiger charge is -2.16. The van der Waals surface area contributed by atoms with Gasteiger partial charge in [0, 0.05) is 12.1 Å². The van der Waals surface area contributed by atoms with Gasteiger partial charge in [-0.3, -0.25) is 0 Å². The molecule has 0 bridgehead atoms. The molecule has 0 amide bonds. The van der Waals surface area contributed by atoms with Crippen LogP contribution in [0.25, 0.3) is 0 Å². The molecule has 0 unspecified atom stereocenters. The lowest BCUT2D eigenvalue weighted by atomic mass is 10.1. The van der Waals surface area contributed by atoms with E-state index < -0.39 is 0 Å². The Bertz CT molecular complexity index is 597. The van der Waals surface area contributed by atoms with Gasteiger partial charge < -0.3 is 19.2 Å². The smallest absolute Gasteiger partial charge is 0.164 e. The molecule has 0 aliphatic carbocycles. The molecule has 126 valence electrons. The molecule has 23 heavy (non-hydrogen) atoms. The molecular weight excluding hydrogens is 314 g/mol. The van der Waals surface area contributed by atoms with Gasteiger partial charge in [0.25, 0.3) is 0 Å². The first-order chi connectivity index (χ1) is 10.8. The largest absolute Gasteiger partial charge is 0.493 e. The molecule has 1 heterocycles. The maximum atomic E-state index is 5.72. The molecule has 1 N–H and O–H groups in total. The first-order valence-electron chi connectivity index (χ1n) is 7.45. The summed E-state index contributed by atoms with van der Waals surface area (Å²) in [5.74, 6) is 2.49. The topological polar surface area (TPSA) is 43.6 Å². The predicted octanol–water partition coefficient (Wildman–Crippen LogP) is 4.13. The lowest BCUT2D eigenvalue weighted by molar-refractivity contribution is 0.308. The normalized spacial score (nSPS) is 10.0. The van der Waals surface area contributed by atoms with E-state index in [2.05, 4.69) is 18.0 Å². The molecule has 4 nitrogen and oxygen atoms in total. The highest BCUT2D eigenvalue weighted by atomic mass is 35.5. The van der Waals surface area contributed by atoms with Crippen LogP contribution in [0, 0.1) is 0 Å². The van der Waals surface area contributed by atoms with Crippen LogP contribution in [0.15, 0.2) is 47.6 Å². The molecule has 5 heteroatoms. The fraction of sp³-hybridized carbons (Fsp3) is 0.333. The van der Waals surface area contributed by atoms with E-state index in [0.717, 1.165) is 41.4 Å². The van der Waals surface area contributed by atoms with Crippen molar-refractivity contribution in [3.05, 3.63) is 60.1 Å². The average Bonchev–Trinajstić information content (AvgIpc) is 3.03. The van der Waals surface area contributed by atoms with Crippen molar-refractivity contribution in [1.29, 1.82) is 0 Å². The van der Waals surface area contributed by atoms with Gasteiger partial charge in [0.05, 0.1) is 26.5 Å². The third-order valence-electron chi connectivity index (χ3n) is 3.27. The molecule has 2 aromatic rings. The van der Waals surface area contributed by atoms with Gasteiger partial charge in [0.2, 0.25) is 0 Å². The number of furan rings is 1. The average molecular weight is 338 g/mol. The van der Waals surface area contributed by atoms with Gasteiger partial charge in [-0.1, -0.05) is 12.1 Å². The second-order valence-electron chi connectivity index (χ2n) is 4.90. The van der Waals surface area contributed by atoms with Crippen molar-refractivity contribution in [1.82, 2.24) is 5.32 Å². The highest BCUT2D eigenvalue weighted by molar-refractivity contribution is 5.85. The van der Waals surface area contributed by atoms with Gasteiger partial charge in [0.1, 0.15) is 5.76 Å². The van der Waals surface area contributed by atoms with Crippen LogP contribution in [0.1, 0.15) is 23.8 Å². The zero-order valence-corrected chi connectivity index (χ0v) is 14.4. The van der Waals surface area contributed by atoms with Crippen LogP contribution in [0.4, 0.5) is 0 Å². The monoisotopic (exact) mass is 337 g/mol. The summed E-state index contributed by atoms with van der Waals surface area (Å²) < 4.78 is 16.5. The van der Waals surface area contributed by atoms with Gasteiger partial charge in [-0.25, -0.2) is 0 Å². The molecule has 0 saturated heterocycles. The Kier molecular flexibility index (Phi) is 8.30. The molecule has 0 fully saturated rings. The van der Waals surface area contributed by atoms with Crippen molar-refractivity contribution >= 4 is 12.4 Å². The summed E-state index contributed by atoms with van der Waals surface area (Å²) in [7, 11) is 1.66. The summed E-state index contributed by atoms with van der Waals surface area (Å²) in [6.45, 7) is 7.81. The molecular formula is C18H24ClNO3. The molecule has 0 saturated carbocycles. The Hall–Kier alpha value is -1.91. The van der Waals surface area contributed by atoms with Crippen molar-refractivity contribution in [3.63, 3.8) is 0 Å². The molecule has 0 radical (unpaired) electrons. The van der Waals surface area contributed by atoms with Gasteiger partial charge in [-0.2, -0.15) is 0 Å². The zero-order chi connectivity index (χ0) is 15.8. The molecule has 0 aliphatic rings. The maximum Gasteiger partial charge on any atom is 0.164 e. The van der Waals surface area contributed by atoms with Crippen molar-refractivity contribution < 1.29 is 13.9 Å². The maximum absolute atomic E-state index is 5.72. The van der Waals surface area contributed by atoms with Crippen LogP contribution >= 0.6 is 12.4 Å². The first kappa shape index (κ1) is 19.1. The van der Waals surface area contributed by atoms with Crippen LogP contribution in [0.3, 0.4) is 0 Å². The van der Waals surface area contributed by atoms with Crippen molar-refractivity contribution in [2.75, 3.05) is 13.7 Å². The molecule has 0 atom stereocenters. The van der Waals surface area contributed by atoms with E-state index in [9.17, 15) is 0 Å². The molecule has 1 aromatic carbocycles. The summed E-state index contributed by atoms with van der Waals surface area (Å²) in [4.78, 5) is 0. The van der Waals surface area contributed by atoms with E-state index in [0.29, 0.717) is 13.2 Å². The first-order valence-corrected chi connectivity index (χ1v) is 7.45. The number of allylic oxidation sites excluding steroid dienone is 1. The second kappa shape index (κ2) is 9.98. The van der Waals surface area contributed by atoms with Gasteiger partial charge in [-0.05, 0) is 37.1 Å². The summed E-state index contributed by atoms with van der Waals surface area (Å²) in [5, 5.41) is 3.36. The number of hydrogen-bond acceptors (Lipinski definition) is 4. The molecule has 0 spiro atoms. The summed E-state index contributed by atoms with van der Waals surface area (Å²) in [5.41, 5.74) is 2.23. The van der Waals surface area contributed by atoms with E-state index in [1.54, 1.807) is 13.4 Å². The summed E-state index contributed by atoms with van der Waals surface area (Å²) >= 11 is 0. The summed E-state index contributed by atoms with van der Waals surface area (Å²) in [6, 6.07) is 7.98. The Balaban J connectivity index is 0.00000264. The van der Waals surface area contributed by atoms with Crippen LogP contribution in [-0.4, -0.2) is 13.7 Å². The number of methoxy groups -OCH3 is 1.